The van der Waals surface area contributed by atoms with Crippen molar-refractivity contribution in [3.05, 3.63) is 108 Å². The number of hydrogen-bond donors (Lipinski definition) is 0. The molecule has 0 unspecified atom stereocenters. The molecule has 3 rings (SSSR count). The molecule has 1 atom stereocenters. The fourth-order valence-electron chi connectivity index (χ4n) is 9.71. The summed E-state index contributed by atoms with van der Waals surface area (Å²) in [6.07, 6.45) is 49.8. The van der Waals surface area contributed by atoms with Gasteiger partial charge in [-0.15, -0.1) is 0 Å². The fourth-order valence-corrected chi connectivity index (χ4v) is 9.71. The van der Waals surface area contributed by atoms with E-state index in [0.29, 0.717) is 13.2 Å². The summed E-state index contributed by atoms with van der Waals surface area (Å²) in [5.41, 5.74) is 2.62. The summed E-state index contributed by atoms with van der Waals surface area (Å²) in [7, 11) is 0. The van der Waals surface area contributed by atoms with Gasteiger partial charge in [0.15, 0.2) is 0 Å². The van der Waals surface area contributed by atoms with E-state index in [1.54, 1.807) is 0 Å². The monoisotopic (exact) mass is 895 g/mol. The van der Waals surface area contributed by atoms with Gasteiger partial charge in [-0.2, -0.15) is 0 Å². The molecule has 0 heterocycles. The van der Waals surface area contributed by atoms with E-state index in [1.807, 2.05) is 0 Å². The Morgan fingerprint density at radius 2 is 0.569 bits per heavy atom. The smallest absolute Gasteiger partial charge is 0.143 e. The lowest BCUT2D eigenvalue weighted by atomic mass is 9.80. The highest BCUT2D eigenvalue weighted by Crippen LogP contribution is 2.40. The molecule has 368 valence electrons. The van der Waals surface area contributed by atoms with Crippen molar-refractivity contribution in [1.82, 2.24) is 0 Å². The van der Waals surface area contributed by atoms with Crippen molar-refractivity contribution < 1.29 is 14.2 Å². The van der Waals surface area contributed by atoms with Gasteiger partial charge in [0.25, 0.3) is 0 Å². The predicted octanol–water partition coefficient (Wildman–Crippen LogP) is 19.5. The zero-order valence-corrected chi connectivity index (χ0v) is 42.7. The molecule has 0 saturated heterocycles. The van der Waals surface area contributed by atoms with Crippen LogP contribution < -0.4 is 0 Å². The molecule has 0 fully saturated rings. The molecule has 0 N–H and O–H groups in total. The van der Waals surface area contributed by atoms with E-state index in [0.717, 1.165) is 42.7 Å². The summed E-state index contributed by atoms with van der Waals surface area (Å²) in [4.78, 5) is 0. The summed E-state index contributed by atoms with van der Waals surface area (Å²) in [5, 5.41) is 0. The van der Waals surface area contributed by atoms with Crippen LogP contribution >= 0.6 is 0 Å². The summed E-state index contributed by atoms with van der Waals surface area (Å²) in [6, 6.07) is 32.2. The number of ether oxygens (including phenoxy) is 3. The number of hydrogen-bond acceptors (Lipinski definition) is 3. The minimum Gasteiger partial charge on any atom is -0.379 e. The van der Waals surface area contributed by atoms with Crippen LogP contribution in [0.4, 0.5) is 0 Å². The van der Waals surface area contributed by atoms with Crippen molar-refractivity contribution in [2.24, 2.45) is 0 Å². The molecule has 0 saturated carbocycles. The van der Waals surface area contributed by atoms with E-state index in [2.05, 4.69) is 105 Å². The first-order valence-corrected chi connectivity index (χ1v) is 28.3. The molecule has 0 radical (unpaired) electrons. The Labute approximate surface area is 403 Å². The molecule has 0 aliphatic rings. The van der Waals surface area contributed by atoms with Crippen LogP contribution in [0.15, 0.2) is 91.0 Å². The molecule has 0 amide bonds. The van der Waals surface area contributed by atoms with E-state index < -0.39 is 5.60 Å². The highest BCUT2D eigenvalue weighted by Gasteiger charge is 2.38. The molecule has 0 aromatic heterocycles. The second-order valence-corrected chi connectivity index (χ2v) is 19.7. The first kappa shape index (κ1) is 56.9. The Morgan fingerprint density at radius 3 is 0.862 bits per heavy atom. The third-order valence-corrected chi connectivity index (χ3v) is 13.8. The van der Waals surface area contributed by atoms with Crippen LogP contribution in [0, 0.1) is 0 Å². The maximum atomic E-state index is 7.23. The Morgan fingerprint density at radius 1 is 0.308 bits per heavy atom. The van der Waals surface area contributed by atoms with Gasteiger partial charge in [0.1, 0.15) is 11.7 Å². The minimum absolute atomic E-state index is 0.133. The maximum Gasteiger partial charge on any atom is 0.143 e. The van der Waals surface area contributed by atoms with Gasteiger partial charge in [-0.1, -0.05) is 323 Å². The third-order valence-electron chi connectivity index (χ3n) is 13.8. The molecule has 3 nitrogen and oxygen atoms in total. The van der Waals surface area contributed by atoms with Crippen molar-refractivity contribution in [3.8, 4) is 0 Å². The van der Waals surface area contributed by atoms with E-state index in [-0.39, 0.29) is 6.10 Å². The third kappa shape index (κ3) is 27.8. The second kappa shape index (κ2) is 41.7. The van der Waals surface area contributed by atoms with Gasteiger partial charge in [0.2, 0.25) is 0 Å². The normalized spacial score (nSPS) is 12.3. The molecule has 3 aromatic rings. The molecule has 0 bridgehead atoms. The minimum atomic E-state index is -0.758. The van der Waals surface area contributed by atoms with E-state index >= 15 is 0 Å². The standard InChI is InChI=1S/C62H102O3/c1-3-5-7-9-11-13-15-17-19-21-23-25-27-29-31-33-35-46-54-63-56-61(64-55-47-36-34-32-30-28-26-24-22-20-18-16-14-12-10-8-6-4-2)57-65-62(58-48-40-37-41-49-58,59-50-42-38-43-51-59)60-52-44-39-45-53-60/h37-45,48-53,61H,3-36,46-47,54-57H2,1-2H3/t61-/m1/s1. The van der Waals surface area contributed by atoms with Crippen LogP contribution in [0.25, 0.3) is 0 Å². The summed E-state index contributed by atoms with van der Waals surface area (Å²) in [6.45, 7) is 7.17. The molecule has 3 heteroatoms. The van der Waals surface area contributed by atoms with E-state index in [4.69, 9.17) is 14.2 Å². The van der Waals surface area contributed by atoms with Crippen molar-refractivity contribution >= 4 is 0 Å². The van der Waals surface area contributed by atoms with Crippen molar-refractivity contribution in [3.63, 3.8) is 0 Å². The highest BCUT2D eigenvalue weighted by atomic mass is 16.6. The van der Waals surface area contributed by atoms with Gasteiger partial charge in [-0.05, 0) is 29.5 Å². The lowest BCUT2D eigenvalue weighted by molar-refractivity contribution is -0.0923. The van der Waals surface area contributed by atoms with E-state index in [1.165, 1.54) is 218 Å². The molecule has 65 heavy (non-hydrogen) atoms. The summed E-state index contributed by atoms with van der Waals surface area (Å²) in [5.74, 6) is 0. The van der Waals surface area contributed by atoms with Crippen LogP contribution in [0.3, 0.4) is 0 Å². The molecule has 3 aromatic carbocycles. The van der Waals surface area contributed by atoms with E-state index in [9.17, 15) is 0 Å². The fraction of sp³-hybridized carbons (Fsp3) is 0.710. The van der Waals surface area contributed by atoms with Crippen LogP contribution in [-0.2, 0) is 19.8 Å². The van der Waals surface area contributed by atoms with Crippen molar-refractivity contribution in [1.29, 1.82) is 0 Å². The molecule has 0 aliphatic carbocycles. The lowest BCUT2D eigenvalue weighted by Gasteiger charge is -2.37. The number of rotatable bonds is 47. The van der Waals surface area contributed by atoms with Gasteiger partial charge >= 0.3 is 0 Å². The zero-order chi connectivity index (χ0) is 45.8. The molecular formula is C62H102O3. The highest BCUT2D eigenvalue weighted by molar-refractivity contribution is 5.47. The largest absolute Gasteiger partial charge is 0.379 e. The maximum absolute atomic E-state index is 7.23. The topological polar surface area (TPSA) is 27.7 Å². The number of unbranched alkanes of at least 4 members (excludes halogenated alkanes) is 34. The van der Waals surface area contributed by atoms with Crippen molar-refractivity contribution in [2.45, 2.75) is 257 Å². The Bertz CT molecular complexity index is 1300. The Kier molecular flexibility index (Phi) is 36.5. The van der Waals surface area contributed by atoms with Crippen LogP contribution in [0.1, 0.15) is 262 Å². The lowest BCUT2D eigenvalue weighted by Crippen LogP contribution is -2.37. The Balaban J connectivity index is 1.36. The predicted molar refractivity (Wildman–Crippen MR) is 283 cm³/mol. The average Bonchev–Trinajstić information content (AvgIpc) is 3.35. The Hall–Kier alpha value is -2.46. The molecule has 0 spiro atoms. The SMILES string of the molecule is CCCCCCCCCCCCCCCCCCCCOC[C@H](COC(c1ccccc1)(c1ccccc1)c1ccccc1)OCCCCCCCCCCCCCCCCCCCC. The number of benzene rings is 3. The second-order valence-electron chi connectivity index (χ2n) is 19.7. The average molecular weight is 895 g/mol. The quantitative estimate of drug-likeness (QED) is 0.0418. The molecule has 0 aliphatic heterocycles. The summed E-state index contributed by atoms with van der Waals surface area (Å²) >= 11 is 0. The van der Waals surface area contributed by atoms with Gasteiger partial charge in [0.05, 0.1) is 13.2 Å². The van der Waals surface area contributed by atoms with Gasteiger partial charge in [-0.25, -0.2) is 0 Å². The zero-order valence-electron chi connectivity index (χ0n) is 42.7. The first-order valence-electron chi connectivity index (χ1n) is 28.3. The first-order chi connectivity index (χ1) is 32.3. The van der Waals surface area contributed by atoms with Gasteiger partial charge in [-0.3, -0.25) is 0 Å². The molecular weight excluding hydrogens is 793 g/mol. The van der Waals surface area contributed by atoms with Crippen molar-refractivity contribution in [2.75, 3.05) is 26.4 Å². The summed E-state index contributed by atoms with van der Waals surface area (Å²) < 4.78 is 20.3. The van der Waals surface area contributed by atoms with Crippen LogP contribution in [-0.4, -0.2) is 32.5 Å². The van der Waals surface area contributed by atoms with Gasteiger partial charge < -0.3 is 14.2 Å². The van der Waals surface area contributed by atoms with Crippen LogP contribution in [0.5, 0.6) is 0 Å². The van der Waals surface area contributed by atoms with Crippen LogP contribution in [0.2, 0.25) is 0 Å². The van der Waals surface area contributed by atoms with Gasteiger partial charge in [0, 0.05) is 13.2 Å².